The minimum Gasteiger partial charge on any atom is -0.336 e. The zero-order chi connectivity index (χ0) is 11.4. The van der Waals surface area contributed by atoms with Gasteiger partial charge >= 0.3 is 0 Å². The molecule has 5 nitrogen and oxygen atoms in total. The van der Waals surface area contributed by atoms with Crippen molar-refractivity contribution < 1.29 is 4.79 Å². The fraction of sp³-hybridized carbons (Fsp3) is 0.600. The van der Waals surface area contributed by atoms with Crippen molar-refractivity contribution >= 4 is 5.91 Å². The molecule has 0 spiro atoms. The Labute approximate surface area is 89.9 Å². The smallest absolute Gasteiger partial charge is 0.272 e. The van der Waals surface area contributed by atoms with Crippen molar-refractivity contribution in [3.05, 3.63) is 17.5 Å². The zero-order valence-corrected chi connectivity index (χ0v) is 9.53. The Morgan fingerprint density at radius 1 is 1.67 bits per heavy atom. The molecule has 1 heterocycles. The number of amides is 1. The van der Waals surface area contributed by atoms with Crippen LogP contribution in [0.1, 0.15) is 23.1 Å². The van der Waals surface area contributed by atoms with Gasteiger partial charge in [0.2, 0.25) is 0 Å². The lowest BCUT2D eigenvalue weighted by atomic mass is 10.3. The molecule has 1 aromatic rings. The molecule has 1 aromatic heterocycles. The Morgan fingerprint density at radius 2 is 2.33 bits per heavy atom. The van der Waals surface area contributed by atoms with E-state index in [1.54, 1.807) is 22.7 Å². The second-order valence-corrected chi connectivity index (χ2v) is 3.47. The van der Waals surface area contributed by atoms with Crippen LogP contribution in [-0.4, -0.2) is 40.2 Å². The molecule has 0 bridgehead atoms. The first-order valence-electron chi connectivity index (χ1n) is 5.10. The Kier molecular flexibility index (Phi) is 3.85. The third-order valence-electron chi connectivity index (χ3n) is 2.29. The van der Waals surface area contributed by atoms with Crippen LogP contribution < -0.4 is 5.73 Å². The van der Waals surface area contributed by atoms with E-state index in [9.17, 15) is 4.79 Å². The van der Waals surface area contributed by atoms with E-state index in [-0.39, 0.29) is 5.91 Å². The number of rotatable bonds is 4. The number of aromatic nitrogens is 2. The molecular weight excluding hydrogens is 192 g/mol. The second kappa shape index (κ2) is 4.93. The highest BCUT2D eigenvalue weighted by molar-refractivity contribution is 5.92. The molecule has 15 heavy (non-hydrogen) atoms. The molecule has 0 saturated heterocycles. The largest absolute Gasteiger partial charge is 0.336 e. The monoisotopic (exact) mass is 210 g/mol. The summed E-state index contributed by atoms with van der Waals surface area (Å²) in [5.74, 6) is -0.00829. The van der Waals surface area contributed by atoms with Gasteiger partial charge in [-0.1, -0.05) is 0 Å². The molecular formula is C10H18N4O. The van der Waals surface area contributed by atoms with Gasteiger partial charge in [-0.2, -0.15) is 5.10 Å². The summed E-state index contributed by atoms with van der Waals surface area (Å²) in [6.45, 7) is 5.54. The number of hydrogen-bond donors (Lipinski definition) is 1. The van der Waals surface area contributed by atoms with E-state index in [1.807, 2.05) is 13.8 Å². The molecule has 2 N–H and O–H groups in total. The molecule has 84 valence electrons. The van der Waals surface area contributed by atoms with Crippen molar-refractivity contribution in [1.82, 2.24) is 14.7 Å². The fourth-order valence-electron chi connectivity index (χ4n) is 1.53. The van der Waals surface area contributed by atoms with Crippen LogP contribution in [0.2, 0.25) is 0 Å². The quantitative estimate of drug-likeness (QED) is 0.769. The van der Waals surface area contributed by atoms with Gasteiger partial charge in [-0.25, -0.2) is 0 Å². The summed E-state index contributed by atoms with van der Waals surface area (Å²) in [6.07, 6.45) is 0. The van der Waals surface area contributed by atoms with E-state index in [0.29, 0.717) is 25.3 Å². The predicted octanol–water partition coefficient (Wildman–Crippen LogP) is 0.149. The lowest BCUT2D eigenvalue weighted by molar-refractivity contribution is 0.0758. The SMILES string of the molecule is CCN(CCN)C(=O)c1cc(C)nn1C. The number of nitrogens with zero attached hydrogens (tertiary/aromatic N) is 3. The van der Waals surface area contributed by atoms with Crippen molar-refractivity contribution in [3.63, 3.8) is 0 Å². The minimum absolute atomic E-state index is 0.00829. The Bertz CT molecular complexity index is 345. The fourth-order valence-corrected chi connectivity index (χ4v) is 1.53. The summed E-state index contributed by atoms with van der Waals surface area (Å²) in [6, 6.07) is 1.79. The molecule has 1 rings (SSSR count). The molecule has 0 radical (unpaired) electrons. The molecule has 0 unspecified atom stereocenters. The van der Waals surface area contributed by atoms with Crippen LogP contribution in [0.3, 0.4) is 0 Å². The van der Waals surface area contributed by atoms with Gasteiger partial charge in [0, 0.05) is 26.7 Å². The topological polar surface area (TPSA) is 64.2 Å². The number of aryl methyl sites for hydroxylation is 2. The van der Waals surface area contributed by atoms with Gasteiger partial charge in [0.1, 0.15) is 5.69 Å². The maximum absolute atomic E-state index is 12.0. The first kappa shape index (κ1) is 11.7. The van der Waals surface area contributed by atoms with E-state index in [1.165, 1.54) is 0 Å². The van der Waals surface area contributed by atoms with Crippen LogP contribution in [0.25, 0.3) is 0 Å². The first-order chi connectivity index (χ1) is 7.10. The normalized spacial score (nSPS) is 10.4. The van der Waals surface area contributed by atoms with Crippen molar-refractivity contribution in [2.24, 2.45) is 12.8 Å². The van der Waals surface area contributed by atoms with Gasteiger partial charge < -0.3 is 10.6 Å². The van der Waals surface area contributed by atoms with Crippen LogP contribution in [-0.2, 0) is 7.05 Å². The van der Waals surface area contributed by atoms with Gasteiger partial charge in [-0.15, -0.1) is 0 Å². The molecule has 5 heteroatoms. The molecule has 0 aromatic carbocycles. The highest BCUT2D eigenvalue weighted by atomic mass is 16.2. The molecule has 0 atom stereocenters. The Balaban J connectivity index is 2.87. The molecule has 0 saturated carbocycles. The summed E-state index contributed by atoms with van der Waals surface area (Å²) in [7, 11) is 1.77. The van der Waals surface area contributed by atoms with Gasteiger partial charge in [0.25, 0.3) is 5.91 Å². The van der Waals surface area contributed by atoms with Gasteiger partial charge in [0.05, 0.1) is 5.69 Å². The van der Waals surface area contributed by atoms with E-state index >= 15 is 0 Å². The van der Waals surface area contributed by atoms with E-state index in [4.69, 9.17) is 5.73 Å². The van der Waals surface area contributed by atoms with Crippen LogP contribution in [0.5, 0.6) is 0 Å². The standard InChI is InChI=1S/C10H18N4O/c1-4-14(6-5-11)10(15)9-7-8(2)12-13(9)3/h7H,4-6,11H2,1-3H3. The molecule has 0 fully saturated rings. The third kappa shape index (κ3) is 2.56. The predicted molar refractivity (Wildman–Crippen MR) is 58.6 cm³/mol. The second-order valence-electron chi connectivity index (χ2n) is 3.47. The Morgan fingerprint density at radius 3 is 2.73 bits per heavy atom. The van der Waals surface area contributed by atoms with E-state index < -0.39 is 0 Å². The maximum Gasteiger partial charge on any atom is 0.272 e. The number of carbonyl (C=O) groups excluding carboxylic acids is 1. The molecule has 0 aliphatic carbocycles. The molecule has 0 aliphatic heterocycles. The van der Waals surface area contributed by atoms with Crippen molar-refractivity contribution in [2.45, 2.75) is 13.8 Å². The molecule has 0 aliphatic rings. The summed E-state index contributed by atoms with van der Waals surface area (Å²) < 4.78 is 1.61. The van der Waals surface area contributed by atoms with Gasteiger partial charge in [0.15, 0.2) is 0 Å². The van der Waals surface area contributed by atoms with Gasteiger partial charge in [-0.05, 0) is 19.9 Å². The van der Waals surface area contributed by atoms with Crippen molar-refractivity contribution in [3.8, 4) is 0 Å². The summed E-state index contributed by atoms with van der Waals surface area (Å²) in [5, 5.41) is 4.15. The van der Waals surface area contributed by atoms with Crippen LogP contribution in [0, 0.1) is 6.92 Å². The number of likely N-dealkylation sites (N-methyl/N-ethyl adjacent to an activating group) is 1. The van der Waals surface area contributed by atoms with Crippen molar-refractivity contribution in [2.75, 3.05) is 19.6 Å². The van der Waals surface area contributed by atoms with Crippen LogP contribution in [0.4, 0.5) is 0 Å². The zero-order valence-electron chi connectivity index (χ0n) is 9.53. The van der Waals surface area contributed by atoms with E-state index in [0.717, 1.165) is 5.69 Å². The van der Waals surface area contributed by atoms with Crippen LogP contribution in [0.15, 0.2) is 6.07 Å². The minimum atomic E-state index is -0.00829. The average molecular weight is 210 g/mol. The van der Waals surface area contributed by atoms with Crippen LogP contribution >= 0.6 is 0 Å². The van der Waals surface area contributed by atoms with E-state index in [2.05, 4.69) is 5.10 Å². The number of carbonyl (C=O) groups is 1. The summed E-state index contributed by atoms with van der Waals surface area (Å²) >= 11 is 0. The summed E-state index contributed by atoms with van der Waals surface area (Å²) in [4.78, 5) is 13.7. The highest BCUT2D eigenvalue weighted by Gasteiger charge is 2.17. The van der Waals surface area contributed by atoms with Gasteiger partial charge in [-0.3, -0.25) is 9.48 Å². The average Bonchev–Trinajstić information content (AvgIpc) is 2.53. The maximum atomic E-state index is 12.0. The lowest BCUT2D eigenvalue weighted by Gasteiger charge is -2.19. The third-order valence-corrected chi connectivity index (χ3v) is 2.29. The first-order valence-corrected chi connectivity index (χ1v) is 5.10. The highest BCUT2D eigenvalue weighted by Crippen LogP contribution is 2.05. The summed E-state index contributed by atoms with van der Waals surface area (Å²) in [5.41, 5.74) is 6.91. The number of nitrogens with two attached hydrogens (primary N) is 1. The molecule has 1 amide bonds. The van der Waals surface area contributed by atoms with Crippen molar-refractivity contribution in [1.29, 1.82) is 0 Å². The Hall–Kier alpha value is -1.36. The number of hydrogen-bond acceptors (Lipinski definition) is 3. The lowest BCUT2D eigenvalue weighted by Crippen LogP contribution is -2.36.